The predicted molar refractivity (Wildman–Crippen MR) is 79.3 cm³/mol. The number of hydrogen-bond acceptors (Lipinski definition) is 3. The number of amides is 1. The zero-order valence-corrected chi connectivity index (χ0v) is 12.0. The number of nitrogens with zero attached hydrogens (tertiary/aromatic N) is 1. The van der Waals surface area contributed by atoms with Crippen LogP contribution in [0, 0.1) is 0 Å². The minimum Gasteiger partial charge on any atom is -0.289 e. The summed E-state index contributed by atoms with van der Waals surface area (Å²) in [5.74, 6) is -1.02. The lowest BCUT2D eigenvalue weighted by Crippen LogP contribution is -2.27. The summed E-state index contributed by atoms with van der Waals surface area (Å²) in [5.41, 5.74) is 1.83. The maximum atomic E-state index is 12.4. The molecular weight excluding hydrogens is 266 g/mol. The van der Waals surface area contributed by atoms with E-state index >= 15 is 0 Å². The number of likely N-dealkylation sites (N-methyl/N-ethyl adjacent to an activating group) is 1. The number of carbonyl (C=O) groups excluding carboxylic acids is 2. The van der Waals surface area contributed by atoms with Gasteiger partial charge in [-0.15, -0.1) is 0 Å². The summed E-state index contributed by atoms with van der Waals surface area (Å²) in [6, 6.07) is 15.9. The fraction of sp³-hybridized carbons (Fsp3) is 0.176. The van der Waals surface area contributed by atoms with Crippen LogP contribution in [-0.2, 0) is 4.79 Å². The highest BCUT2D eigenvalue weighted by molar-refractivity contribution is 6.09. The molecule has 1 N–H and O–H groups in total. The Balaban J connectivity index is 2.30. The third-order valence-corrected chi connectivity index (χ3v) is 3.37. The molecule has 2 rings (SSSR count). The van der Waals surface area contributed by atoms with Crippen LogP contribution in [0.15, 0.2) is 54.6 Å². The zero-order valence-electron chi connectivity index (χ0n) is 12.0. The van der Waals surface area contributed by atoms with Crippen molar-refractivity contribution >= 4 is 11.7 Å². The lowest BCUT2D eigenvalue weighted by Gasteiger charge is -2.16. The summed E-state index contributed by atoms with van der Waals surface area (Å²) in [6.07, 6.45) is 0. The van der Waals surface area contributed by atoms with E-state index in [1.807, 2.05) is 18.2 Å². The smallest absolute Gasteiger partial charge is 0.252 e. The van der Waals surface area contributed by atoms with Crippen LogP contribution in [0.4, 0.5) is 0 Å². The number of carbonyl (C=O) groups is 2. The molecule has 21 heavy (non-hydrogen) atoms. The Morgan fingerprint density at radius 1 is 1.00 bits per heavy atom. The highest BCUT2D eigenvalue weighted by Crippen LogP contribution is 2.20. The predicted octanol–water partition coefficient (Wildman–Crippen LogP) is 2.87. The molecule has 0 aromatic heterocycles. The molecule has 0 saturated carbocycles. The van der Waals surface area contributed by atoms with Gasteiger partial charge in [0.2, 0.25) is 0 Å². The summed E-state index contributed by atoms with van der Waals surface area (Å²) in [4.78, 5) is 24.2. The highest BCUT2D eigenvalue weighted by atomic mass is 16.5. The van der Waals surface area contributed by atoms with Gasteiger partial charge in [-0.2, -0.15) is 0 Å². The highest BCUT2D eigenvalue weighted by Gasteiger charge is 2.19. The van der Waals surface area contributed by atoms with E-state index in [0.29, 0.717) is 21.8 Å². The lowest BCUT2D eigenvalue weighted by atomic mass is 9.95. The summed E-state index contributed by atoms with van der Waals surface area (Å²) in [5, 5.41) is 9.79. The molecule has 0 fully saturated rings. The van der Waals surface area contributed by atoms with E-state index < -0.39 is 11.8 Å². The summed E-state index contributed by atoms with van der Waals surface area (Å²) < 4.78 is 0. The average molecular weight is 283 g/mol. The van der Waals surface area contributed by atoms with Gasteiger partial charge in [0.15, 0.2) is 5.78 Å². The molecule has 0 aliphatic heterocycles. The van der Waals surface area contributed by atoms with Crippen molar-refractivity contribution in [2.45, 2.75) is 12.8 Å². The van der Waals surface area contributed by atoms with Crippen molar-refractivity contribution in [2.75, 3.05) is 7.05 Å². The number of ketones is 1. The normalized spacial score (nSPS) is 11.8. The second kappa shape index (κ2) is 6.33. The first-order valence-electron chi connectivity index (χ1n) is 6.67. The molecule has 1 atom stereocenters. The first-order chi connectivity index (χ1) is 10.0. The van der Waals surface area contributed by atoms with Crippen molar-refractivity contribution in [3.63, 3.8) is 0 Å². The third-order valence-electron chi connectivity index (χ3n) is 3.37. The quantitative estimate of drug-likeness (QED) is 0.533. The third kappa shape index (κ3) is 3.35. The molecule has 0 bridgehead atoms. The van der Waals surface area contributed by atoms with Crippen LogP contribution in [0.25, 0.3) is 0 Å². The second-order valence-corrected chi connectivity index (χ2v) is 4.90. The van der Waals surface area contributed by atoms with Gasteiger partial charge in [0.05, 0.1) is 5.92 Å². The molecule has 0 aliphatic rings. The van der Waals surface area contributed by atoms with Gasteiger partial charge in [-0.1, -0.05) is 48.5 Å². The monoisotopic (exact) mass is 283 g/mol. The summed E-state index contributed by atoms with van der Waals surface area (Å²) in [6.45, 7) is 1.70. The molecule has 1 amide bonds. The molecule has 2 aromatic carbocycles. The van der Waals surface area contributed by atoms with Gasteiger partial charge in [-0.25, -0.2) is 5.06 Å². The molecule has 0 heterocycles. The molecule has 0 saturated heterocycles. The molecule has 0 radical (unpaired) electrons. The van der Waals surface area contributed by atoms with Gasteiger partial charge >= 0.3 is 0 Å². The average Bonchev–Trinajstić information content (AvgIpc) is 2.53. The Morgan fingerprint density at radius 3 is 2.24 bits per heavy atom. The van der Waals surface area contributed by atoms with Gasteiger partial charge in [0, 0.05) is 18.2 Å². The molecule has 2 aromatic rings. The van der Waals surface area contributed by atoms with E-state index in [1.165, 1.54) is 7.05 Å². The lowest BCUT2D eigenvalue weighted by molar-refractivity contribution is -0.160. The molecule has 108 valence electrons. The molecule has 0 spiro atoms. The van der Waals surface area contributed by atoms with E-state index in [2.05, 4.69) is 0 Å². The second-order valence-electron chi connectivity index (χ2n) is 4.90. The zero-order chi connectivity index (χ0) is 15.4. The number of benzene rings is 2. The Hall–Kier alpha value is -2.46. The van der Waals surface area contributed by atoms with Crippen molar-refractivity contribution in [2.24, 2.45) is 0 Å². The minimum atomic E-state index is -0.511. The van der Waals surface area contributed by atoms with Gasteiger partial charge in [0.1, 0.15) is 0 Å². The summed E-state index contributed by atoms with van der Waals surface area (Å²) >= 11 is 0. The van der Waals surface area contributed by atoms with E-state index in [1.54, 1.807) is 43.3 Å². The first kappa shape index (κ1) is 14.9. The van der Waals surface area contributed by atoms with Crippen LogP contribution in [-0.4, -0.2) is 29.0 Å². The Morgan fingerprint density at radius 2 is 1.62 bits per heavy atom. The number of hydroxylamine groups is 2. The van der Waals surface area contributed by atoms with Crippen LogP contribution < -0.4 is 0 Å². The maximum Gasteiger partial charge on any atom is 0.252 e. The van der Waals surface area contributed by atoms with Crippen LogP contribution in [0.1, 0.15) is 34.3 Å². The molecule has 4 nitrogen and oxygen atoms in total. The van der Waals surface area contributed by atoms with Gasteiger partial charge in [-0.3, -0.25) is 14.8 Å². The SMILES string of the molecule is C[C@H](C(=O)N(C)O)c1cccc(C(=O)c2ccccc2)c1. The number of rotatable bonds is 4. The Labute approximate surface area is 123 Å². The molecule has 4 heteroatoms. The first-order valence-corrected chi connectivity index (χ1v) is 6.67. The fourth-order valence-corrected chi connectivity index (χ4v) is 2.13. The van der Waals surface area contributed by atoms with Gasteiger partial charge in [0.25, 0.3) is 5.91 Å². The van der Waals surface area contributed by atoms with Crippen molar-refractivity contribution < 1.29 is 14.8 Å². The van der Waals surface area contributed by atoms with Crippen LogP contribution in [0.3, 0.4) is 0 Å². The number of hydrogen-bond donors (Lipinski definition) is 1. The van der Waals surface area contributed by atoms with Crippen molar-refractivity contribution in [1.29, 1.82) is 0 Å². The molecular formula is C17H17NO3. The van der Waals surface area contributed by atoms with Crippen molar-refractivity contribution in [1.82, 2.24) is 5.06 Å². The van der Waals surface area contributed by atoms with Crippen LogP contribution >= 0.6 is 0 Å². The maximum absolute atomic E-state index is 12.4. The molecule has 0 unspecified atom stereocenters. The van der Waals surface area contributed by atoms with E-state index in [-0.39, 0.29) is 5.78 Å². The van der Waals surface area contributed by atoms with E-state index in [0.717, 1.165) is 0 Å². The van der Waals surface area contributed by atoms with E-state index in [9.17, 15) is 14.8 Å². The summed E-state index contributed by atoms with van der Waals surface area (Å²) in [7, 11) is 1.29. The topological polar surface area (TPSA) is 57.6 Å². The van der Waals surface area contributed by atoms with Gasteiger partial charge < -0.3 is 0 Å². The van der Waals surface area contributed by atoms with Crippen LogP contribution in [0.5, 0.6) is 0 Å². The van der Waals surface area contributed by atoms with Crippen LogP contribution in [0.2, 0.25) is 0 Å². The van der Waals surface area contributed by atoms with Gasteiger partial charge in [-0.05, 0) is 18.6 Å². The van der Waals surface area contributed by atoms with Crippen molar-refractivity contribution in [3.05, 3.63) is 71.3 Å². The minimum absolute atomic E-state index is 0.0885. The van der Waals surface area contributed by atoms with Crippen molar-refractivity contribution in [3.8, 4) is 0 Å². The molecule has 0 aliphatic carbocycles. The van der Waals surface area contributed by atoms with E-state index in [4.69, 9.17) is 0 Å². The standard InChI is InChI=1S/C17H17NO3/c1-12(17(20)18(2)21)14-9-6-10-15(11-14)16(19)13-7-4-3-5-8-13/h3-12,21H,1-2H3/t12-/m0/s1. The fourth-order valence-electron chi connectivity index (χ4n) is 2.13. The Bertz CT molecular complexity index is 650. The largest absolute Gasteiger partial charge is 0.289 e. The Kier molecular flexibility index (Phi) is 4.50.